The molecule has 0 saturated carbocycles. The molecule has 1 aromatic rings. The van der Waals surface area contributed by atoms with E-state index in [1.807, 2.05) is 0 Å². The van der Waals surface area contributed by atoms with Crippen molar-refractivity contribution in [2.75, 3.05) is 17.7 Å². The van der Waals surface area contributed by atoms with E-state index >= 15 is 0 Å². The van der Waals surface area contributed by atoms with Crippen molar-refractivity contribution in [1.82, 2.24) is 15.2 Å². The van der Waals surface area contributed by atoms with Crippen molar-refractivity contribution in [3.8, 4) is 0 Å². The standard InChI is InChI=1S/C19H19Cl2N5O8S2/c1-19(2,3)34-8(28)4-33-25-10(9-13(21)36-18(24-9)22-6-27)14(29)23-11-15(30)26-12(17(31)32)7(20)5-35-16(11)26/h6,11,16H,4-5H2,1-3H3,(H,23,29)(H,31,32)(H,22,24,27)/b25-10-/t11?,16-/m0/s1. The van der Waals surface area contributed by atoms with E-state index in [2.05, 4.69) is 20.8 Å². The number of nitrogens with zero attached hydrogens (tertiary/aromatic N) is 3. The number of aliphatic carboxylic acids is 1. The molecule has 1 fully saturated rings. The molecule has 3 heterocycles. The van der Waals surface area contributed by atoms with Crippen LogP contribution in [0.5, 0.6) is 0 Å². The minimum absolute atomic E-state index is 0.00383. The zero-order valence-electron chi connectivity index (χ0n) is 18.9. The minimum atomic E-state index is -1.37. The van der Waals surface area contributed by atoms with Crippen LogP contribution in [-0.4, -0.2) is 80.2 Å². The van der Waals surface area contributed by atoms with Crippen molar-refractivity contribution in [2.45, 2.75) is 37.8 Å². The Labute approximate surface area is 222 Å². The predicted octanol–water partition coefficient (Wildman–Crippen LogP) is 1.36. The molecule has 13 nitrogen and oxygen atoms in total. The Kier molecular flexibility index (Phi) is 8.48. The molecule has 194 valence electrons. The monoisotopic (exact) mass is 579 g/mol. The SMILES string of the molecule is CC(C)(C)OC(=O)CO/N=C(\C(=O)NC1C(=O)N2C(C(=O)O)=C(Cl)CS[C@@H]12)c1nc(NC=O)sc1Cl. The Bertz CT molecular complexity index is 1180. The van der Waals surface area contributed by atoms with Crippen LogP contribution in [0.4, 0.5) is 5.13 Å². The molecule has 2 aliphatic heterocycles. The van der Waals surface area contributed by atoms with Gasteiger partial charge in [-0.3, -0.25) is 19.3 Å². The van der Waals surface area contributed by atoms with E-state index in [1.165, 1.54) is 0 Å². The number of hydrogen-bond acceptors (Lipinski definition) is 11. The predicted molar refractivity (Wildman–Crippen MR) is 131 cm³/mol. The lowest BCUT2D eigenvalue weighted by Gasteiger charge is -2.48. The fourth-order valence-corrected chi connectivity index (χ4v) is 5.62. The number of thioether (sulfide) groups is 1. The number of amides is 3. The second kappa shape index (κ2) is 11.0. The molecule has 3 amide bonds. The first-order valence-electron chi connectivity index (χ1n) is 10.00. The Balaban J connectivity index is 1.82. The van der Waals surface area contributed by atoms with E-state index in [9.17, 15) is 29.1 Å². The second-order valence-corrected chi connectivity index (χ2v) is 11.3. The molecule has 1 unspecified atom stereocenters. The van der Waals surface area contributed by atoms with Crippen molar-refractivity contribution >= 4 is 87.3 Å². The van der Waals surface area contributed by atoms with Crippen LogP contribution in [0.1, 0.15) is 26.5 Å². The van der Waals surface area contributed by atoms with Crippen molar-refractivity contribution in [3.05, 3.63) is 20.8 Å². The summed E-state index contributed by atoms with van der Waals surface area (Å²) in [5.41, 5.74) is -1.80. The van der Waals surface area contributed by atoms with Gasteiger partial charge in [0.15, 0.2) is 10.8 Å². The summed E-state index contributed by atoms with van der Waals surface area (Å²) < 4.78 is 5.07. The highest BCUT2D eigenvalue weighted by Crippen LogP contribution is 2.41. The van der Waals surface area contributed by atoms with Crippen LogP contribution in [0.25, 0.3) is 0 Å². The normalized spacial score (nSPS) is 19.8. The number of carboxylic acid groups (broad SMARTS) is 1. The number of hydrogen-bond donors (Lipinski definition) is 3. The summed E-state index contributed by atoms with van der Waals surface area (Å²) in [5.74, 6) is -3.64. The number of oxime groups is 1. The number of nitrogens with one attached hydrogen (secondary N) is 2. The second-order valence-electron chi connectivity index (χ2n) is 8.12. The van der Waals surface area contributed by atoms with Crippen molar-refractivity contribution < 1.29 is 38.7 Å². The first kappa shape index (κ1) is 27.7. The number of carbonyl (C=O) groups is 5. The summed E-state index contributed by atoms with van der Waals surface area (Å²) in [6, 6.07) is -1.11. The zero-order chi connectivity index (χ0) is 26.8. The maximum atomic E-state index is 13.1. The quantitative estimate of drug-likeness (QED) is 0.127. The van der Waals surface area contributed by atoms with Gasteiger partial charge < -0.3 is 25.3 Å². The molecule has 0 aromatic carbocycles. The van der Waals surface area contributed by atoms with Gasteiger partial charge in [0.2, 0.25) is 13.0 Å². The van der Waals surface area contributed by atoms with Crippen molar-refractivity contribution in [2.24, 2.45) is 5.16 Å². The van der Waals surface area contributed by atoms with Crippen LogP contribution in [0.15, 0.2) is 15.9 Å². The van der Waals surface area contributed by atoms with E-state index < -0.39 is 53.1 Å². The molecule has 1 aromatic heterocycles. The van der Waals surface area contributed by atoms with Gasteiger partial charge in [-0.2, -0.15) is 0 Å². The van der Waals surface area contributed by atoms with E-state index in [4.69, 9.17) is 32.8 Å². The van der Waals surface area contributed by atoms with E-state index in [0.717, 1.165) is 28.0 Å². The number of halogens is 2. The summed E-state index contributed by atoms with van der Waals surface area (Å²) in [4.78, 5) is 70.0. The van der Waals surface area contributed by atoms with Gasteiger partial charge in [-0.05, 0) is 20.8 Å². The number of aromatic nitrogens is 1. The van der Waals surface area contributed by atoms with Gasteiger partial charge in [-0.1, -0.05) is 39.7 Å². The van der Waals surface area contributed by atoms with Crippen LogP contribution in [-0.2, 0) is 33.5 Å². The molecular weight excluding hydrogens is 561 g/mol. The van der Waals surface area contributed by atoms with Gasteiger partial charge in [0, 0.05) is 5.75 Å². The third kappa shape index (κ3) is 6.08. The third-order valence-corrected chi connectivity index (χ3v) is 7.31. The van der Waals surface area contributed by atoms with Crippen LogP contribution in [0.3, 0.4) is 0 Å². The maximum Gasteiger partial charge on any atom is 0.353 e. The lowest BCUT2D eigenvalue weighted by atomic mass is 10.0. The molecule has 0 radical (unpaired) electrons. The van der Waals surface area contributed by atoms with Gasteiger partial charge in [0.05, 0.1) is 5.03 Å². The number of carbonyl (C=O) groups excluding carboxylic acids is 4. The first-order chi connectivity index (χ1) is 16.8. The van der Waals surface area contributed by atoms with Crippen LogP contribution < -0.4 is 10.6 Å². The molecule has 2 aliphatic rings. The number of esters is 1. The minimum Gasteiger partial charge on any atom is -0.477 e. The molecule has 0 aliphatic carbocycles. The largest absolute Gasteiger partial charge is 0.477 e. The van der Waals surface area contributed by atoms with Gasteiger partial charge in [-0.25, -0.2) is 14.6 Å². The van der Waals surface area contributed by atoms with E-state index in [1.54, 1.807) is 20.8 Å². The van der Waals surface area contributed by atoms with Gasteiger partial charge in [-0.15, -0.1) is 11.8 Å². The summed E-state index contributed by atoms with van der Waals surface area (Å²) >= 11 is 14.1. The summed E-state index contributed by atoms with van der Waals surface area (Å²) in [6.07, 6.45) is 0.357. The molecule has 17 heteroatoms. The first-order valence-corrected chi connectivity index (χ1v) is 12.6. The number of β-lactam (4-membered cyclic amide) rings is 1. The molecule has 3 rings (SSSR count). The smallest absolute Gasteiger partial charge is 0.353 e. The molecule has 3 N–H and O–H groups in total. The number of carboxylic acids is 1. The van der Waals surface area contributed by atoms with Gasteiger partial charge in [0.25, 0.3) is 11.8 Å². The van der Waals surface area contributed by atoms with Crippen molar-refractivity contribution in [3.63, 3.8) is 0 Å². The highest BCUT2D eigenvalue weighted by molar-refractivity contribution is 8.00. The van der Waals surface area contributed by atoms with Crippen LogP contribution in [0, 0.1) is 0 Å². The topological polar surface area (TPSA) is 177 Å². The average Bonchev–Trinajstić information content (AvgIpc) is 3.13. The van der Waals surface area contributed by atoms with Gasteiger partial charge in [0.1, 0.15) is 32.7 Å². The maximum absolute atomic E-state index is 13.1. The number of rotatable bonds is 9. The van der Waals surface area contributed by atoms with Crippen LogP contribution in [0.2, 0.25) is 4.34 Å². The number of anilines is 1. The highest BCUT2D eigenvalue weighted by Gasteiger charge is 2.54. The number of fused-ring (bicyclic) bond motifs is 1. The third-order valence-electron chi connectivity index (χ3n) is 4.38. The Hall–Kier alpha value is -2.88. The lowest BCUT2D eigenvalue weighted by molar-refractivity contribution is -0.160. The van der Waals surface area contributed by atoms with Crippen LogP contribution >= 0.6 is 46.3 Å². The molecular formula is C19H19Cl2N5O8S2. The fraction of sp³-hybridized carbons (Fsp3) is 0.421. The summed E-state index contributed by atoms with van der Waals surface area (Å²) in [7, 11) is 0. The summed E-state index contributed by atoms with van der Waals surface area (Å²) in [5, 5.41) is 17.2. The molecule has 1 saturated heterocycles. The average molecular weight is 580 g/mol. The molecule has 2 atom stereocenters. The molecule has 36 heavy (non-hydrogen) atoms. The Morgan fingerprint density at radius 2 is 2.03 bits per heavy atom. The summed E-state index contributed by atoms with van der Waals surface area (Å²) in [6.45, 7) is 4.33. The van der Waals surface area contributed by atoms with E-state index in [-0.39, 0.29) is 31.6 Å². The molecule has 0 spiro atoms. The molecule has 0 bridgehead atoms. The zero-order valence-corrected chi connectivity index (χ0v) is 22.0. The van der Waals surface area contributed by atoms with Gasteiger partial charge >= 0.3 is 11.9 Å². The lowest BCUT2D eigenvalue weighted by Crippen LogP contribution is -2.71. The highest BCUT2D eigenvalue weighted by atomic mass is 35.5. The fourth-order valence-electron chi connectivity index (χ4n) is 3.06. The van der Waals surface area contributed by atoms with E-state index in [0.29, 0.717) is 6.41 Å². The number of ether oxygens (including phenoxy) is 1. The number of thiazole rings is 1. The van der Waals surface area contributed by atoms with Crippen molar-refractivity contribution in [1.29, 1.82) is 0 Å². The Morgan fingerprint density at radius 1 is 1.33 bits per heavy atom. The Morgan fingerprint density at radius 3 is 2.64 bits per heavy atom.